The first-order valence-electron chi connectivity index (χ1n) is 8.33. The van der Waals surface area contributed by atoms with Gasteiger partial charge in [-0.2, -0.15) is 5.10 Å². The Hall–Kier alpha value is -2.68. The Labute approximate surface area is 157 Å². The fourth-order valence-electron chi connectivity index (χ4n) is 3.37. The van der Waals surface area contributed by atoms with Crippen molar-refractivity contribution in [1.29, 1.82) is 0 Å². The number of nitrogens with one attached hydrogen (secondary N) is 1. The molecule has 0 unspecified atom stereocenters. The van der Waals surface area contributed by atoms with Crippen LogP contribution in [-0.2, 0) is 4.87 Å². The Morgan fingerprint density at radius 1 is 1.33 bits per heavy atom. The van der Waals surface area contributed by atoms with Gasteiger partial charge in [-0.15, -0.1) is 0 Å². The van der Waals surface area contributed by atoms with Gasteiger partial charge in [-0.3, -0.25) is 15.5 Å². The first kappa shape index (κ1) is 17.7. The molecule has 0 saturated heterocycles. The zero-order valence-corrected chi connectivity index (χ0v) is 14.8. The third kappa shape index (κ3) is 3.12. The lowest BCUT2D eigenvalue weighted by atomic mass is 9.88. The van der Waals surface area contributed by atoms with Crippen molar-refractivity contribution in [3.8, 4) is 5.75 Å². The molecule has 0 radical (unpaired) electrons. The van der Waals surface area contributed by atoms with Crippen molar-refractivity contribution in [3.63, 3.8) is 0 Å². The van der Waals surface area contributed by atoms with E-state index in [1.165, 1.54) is 11.8 Å². The van der Waals surface area contributed by atoms with E-state index < -0.39 is 16.5 Å². The zero-order chi connectivity index (χ0) is 19.0. The molecule has 27 heavy (non-hydrogen) atoms. The molecule has 0 aromatic heterocycles. The molecule has 1 N–H and O–H groups in total. The lowest BCUT2D eigenvalue weighted by molar-refractivity contribution is -0.482. The number of benzene rings is 2. The lowest BCUT2D eigenvalue weighted by Crippen LogP contribution is -2.47. The highest BCUT2D eigenvalue weighted by molar-refractivity contribution is 8.15. The van der Waals surface area contributed by atoms with Crippen molar-refractivity contribution in [2.75, 3.05) is 13.2 Å². The zero-order valence-electron chi connectivity index (χ0n) is 14.0. The predicted octanol–water partition coefficient (Wildman–Crippen LogP) is 3.49. The molecular formula is C18H15F2N3O3S. The SMILES string of the molecule is O=[N+]([O-])CC[C@H]1COc2ccccc2[C@]12NN=C(c1cc(F)ccc1F)S2. The number of hydrazone groups is 1. The second kappa shape index (κ2) is 6.80. The van der Waals surface area contributed by atoms with Crippen LogP contribution in [0.15, 0.2) is 47.6 Å². The van der Waals surface area contributed by atoms with Crippen LogP contribution in [0, 0.1) is 27.7 Å². The summed E-state index contributed by atoms with van der Waals surface area (Å²) in [7, 11) is 0. The molecule has 2 aromatic rings. The number of halogens is 2. The molecule has 1 spiro atoms. The molecule has 0 bridgehead atoms. The van der Waals surface area contributed by atoms with E-state index in [0.717, 1.165) is 23.8 Å². The number of fused-ring (bicyclic) bond motifs is 2. The van der Waals surface area contributed by atoms with E-state index in [9.17, 15) is 18.9 Å². The molecule has 140 valence electrons. The molecule has 2 aliphatic rings. The fraction of sp³-hybridized carbons (Fsp3) is 0.278. The highest BCUT2D eigenvalue weighted by Gasteiger charge is 2.51. The number of para-hydroxylation sites is 1. The highest BCUT2D eigenvalue weighted by atomic mass is 32.2. The van der Waals surface area contributed by atoms with Crippen molar-refractivity contribution in [1.82, 2.24) is 5.43 Å². The summed E-state index contributed by atoms with van der Waals surface area (Å²) in [5.41, 5.74) is 3.90. The lowest BCUT2D eigenvalue weighted by Gasteiger charge is -2.40. The molecule has 0 saturated carbocycles. The van der Waals surface area contributed by atoms with Gasteiger partial charge in [0, 0.05) is 28.4 Å². The normalized spacial score (nSPS) is 23.3. The van der Waals surface area contributed by atoms with Crippen molar-refractivity contribution in [2.45, 2.75) is 11.3 Å². The summed E-state index contributed by atoms with van der Waals surface area (Å²) in [5, 5.41) is 15.4. The number of nitrogens with zero attached hydrogens (tertiary/aromatic N) is 2. The van der Waals surface area contributed by atoms with Gasteiger partial charge in [0.05, 0.1) is 6.61 Å². The van der Waals surface area contributed by atoms with Crippen LogP contribution in [0.1, 0.15) is 17.5 Å². The largest absolute Gasteiger partial charge is 0.493 e. The van der Waals surface area contributed by atoms with Gasteiger partial charge in [0.15, 0.2) is 0 Å². The number of rotatable bonds is 4. The first-order valence-corrected chi connectivity index (χ1v) is 9.14. The van der Waals surface area contributed by atoms with Gasteiger partial charge in [-0.05, 0) is 24.3 Å². The van der Waals surface area contributed by atoms with Gasteiger partial charge in [-0.1, -0.05) is 30.0 Å². The molecule has 0 amide bonds. The molecule has 0 fully saturated rings. The second-order valence-electron chi connectivity index (χ2n) is 6.34. The summed E-state index contributed by atoms with van der Waals surface area (Å²) in [4.78, 5) is 9.67. The van der Waals surface area contributed by atoms with E-state index in [4.69, 9.17) is 4.74 Å². The van der Waals surface area contributed by atoms with E-state index in [1.807, 2.05) is 24.3 Å². The van der Waals surface area contributed by atoms with Gasteiger partial charge in [0.1, 0.15) is 27.3 Å². The van der Waals surface area contributed by atoms with E-state index in [0.29, 0.717) is 10.8 Å². The summed E-state index contributed by atoms with van der Waals surface area (Å²) in [6.07, 6.45) is 0.260. The van der Waals surface area contributed by atoms with Gasteiger partial charge < -0.3 is 4.74 Å². The highest BCUT2D eigenvalue weighted by Crippen LogP contribution is 2.52. The first-order chi connectivity index (χ1) is 13.0. The minimum atomic E-state index is -0.834. The Kier molecular flexibility index (Phi) is 4.47. The fourth-order valence-corrected chi connectivity index (χ4v) is 4.76. The maximum Gasteiger partial charge on any atom is 0.204 e. The molecule has 9 heteroatoms. The van der Waals surface area contributed by atoms with Crippen LogP contribution in [0.2, 0.25) is 0 Å². The third-order valence-corrected chi connectivity index (χ3v) is 6.17. The van der Waals surface area contributed by atoms with Crippen LogP contribution >= 0.6 is 11.8 Å². The maximum atomic E-state index is 14.2. The van der Waals surface area contributed by atoms with Crippen molar-refractivity contribution in [2.24, 2.45) is 11.0 Å². The molecule has 4 rings (SSSR count). The Morgan fingerprint density at radius 3 is 2.96 bits per heavy atom. The summed E-state index contributed by atoms with van der Waals surface area (Å²) in [6, 6.07) is 10.5. The minimum Gasteiger partial charge on any atom is -0.493 e. The predicted molar refractivity (Wildman–Crippen MR) is 97.2 cm³/mol. The summed E-state index contributed by atoms with van der Waals surface area (Å²) < 4.78 is 33.6. The standard InChI is InChI=1S/C18H15F2N3O3S/c19-12-5-6-15(20)13(9-12)17-21-22-18(27-17)11(7-8-23(24)25)10-26-16-4-2-1-3-14(16)18/h1-6,9,11,22H,7-8,10H2/t11-,18-/m0/s1. The Balaban J connectivity index is 1.72. The molecule has 6 nitrogen and oxygen atoms in total. The average Bonchev–Trinajstić information content (AvgIpc) is 3.09. The summed E-state index contributed by atoms with van der Waals surface area (Å²) >= 11 is 1.24. The number of hydrogen-bond donors (Lipinski definition) is 1. The number of thioether (sulfide) groups is 1. The van der Waals surface area contributed by atoms with Gasteiger partial charge >= 0.3 is 0 Å². The third-order valence-electron chi connectivity index (χ3n) is 4.70. The molecule has 0 aliphatic carbocycles. The minimum absolute atomic E-state index is 0.0568. The van der Waals surface area contributed by atoms with E-state index in [-0.39, 0.29) is 36.0 Å². The van der Waals surface area contributed by atoms with Crippen molar-refractivity contribution in [3.05, 3.63) is 75.3 Å². The number of hydrogen-bond acceptors (Lipinski definition) is 6. The van der Waals surface area contributed by atoms with Crippen LogP contribution < -0.4 is 10.2 Å². The topological polar surface area (TPSA) is 76.8 Å². The molecule has 2 atom stereocenters. The van der Waals surface area contributed by atoms with Crippen LogP contribution in [-0.4, -0.2) is 23.1 Å². The van der Waals surface area contributed by atoms with Gasteiger partial charge in [0.25, 0.3) is 0 Å². The Morgan fingerprint density at radius 2 is 2.15 bits per heavy atom. The van der Waals surface area contributed by atoms with Crippen LogP contribution in [0.25, 0.3) is 0 Å². The number of nitro groups is 1. The summed E-state index contributed by atoms with van der Waals surface area (Å²) in [5.74, 6) is -0.775. The molecular weight excluding hydrogens is 376 g/mol. The van der Waals surface area contributed by atoms with Crippen LogP contribution in [0.3, 0.4) is 0 Å². The monoisotopic (exact) mass is 391 g/mol. The molecule has 2 heterocycles. The quantitative estimate of drug-likeness (QED) is 0.638. The van der Waals surface area contributed by atoms with E-state index >= 15 is 0 Å². The number of ether oxygens (including phenoxy) is 1. The smallest absolute Gasteiger partial charge is 0.204 e. The van der Waals surface area contributed by atoms with Crippen LogP contribution in [0.4, 0.5) is 8.78 Å². The van der Waals surface area contributed by atoms with Crippen molar-refractivity contribution < 1.29 is 18.4 Å². The Bertz CT molecular complexity index is 940. The van der Waals surface area contributed by atoms with E-state index in [1.54, 1.807) is 0 Å². The maximum absolute atomic E-state index is 14.2. The summed E-state index contributed by atoms with van der Waals surface area (Å²) in [6.45, 7) is 0.0448. The molecule has 2 aliphatic heterocycles. The van der Waals surface area contributed by atoms with Crippen LogP contribution in [0.5, 0.6) is 5.75 Å². The average molecular weight is 391 g/mol. The van der Waals surface area contributed by atoms with Gasteiger partial charge in [0.2, 0.25) is 6.54 Å². The van der Waals surface area contributed by atoms with Crippen molar-refractivity contribution >= 4 is 16.8 Å². The van der Waals surface area contributed by atoms with E-state index in [2.05, 4.69) is 10.5 Å². The molecule has 2 aromatic carbocycles. The second-order valence-corrected chi connectivity index (χ2v) is 7.57. The van der Waals surface area contributed by atoms with Gasteiger partial charge in [-0.25, -0.2) is 8.78 Å².